The molecule has 2 fully saturated rings. The van der Waals surface area contributed by atoms with Crippen molar-refractivity contribution in [1.29, 1.82) is 0 Å². The number of benzene rings is 2. The molecule has 2 unspecified atom stereocenters. The Morgan fingerprint density at radius 1 is 1.12 bits per heavy atom. The molecule has 2 heterocycles. The van der Waals surface area contributed by atoms with Gasteiger partial charge in [-0.25, -0.2) is 4.79 Å². The van der Waals surface area contributed by atoms with E-state index < -0.39 is 42.2 Å². The summed E-state index contributed by atoms with van der Waals surface area (Å²) in [4.78, 5) is 46.4. The third-order valence-electron chi connectivity index (χ3n) is 7.09. The average Bonchev–Trinajstić information content (AvgIpc) is 3.42. The lowest BCUT2D eigenvalue weighted by Gasteiger charge is -2.46. The number of hydrogen-bond donors (Lipinski definition) is 1. The molecule has 0 bridgehead atoms. The minimum Gasteiger partial charge on any atom is -0.497 e. The number of urea groups is 1. The third-order valence-corrected chi connectivity index (χ3v) is 7.09. The van der Waals surface area contributed by atoms with Crippen LogP contribution in [-0.2, 0) is 22.3 Å². The first kappa shape index (κ1) is 27.2. The molecule has 1 saturated carbocycles. The Bertz CT molecular complexity index is 1410. The first-order valence-corrected chi connectivity index (χ1v) is 12.7. The van der Waals surface area contributed by atoms with Gasteiger partial charge in [0.2, 0.25) is 23.5 Å². The van der Waals surface area contributed by atoms with Crippen LogP contribution in [0.25, 0.3) is 11.4 Å². The van der Waals surface area contributed by atoms with Crippen molar-refractivity contribution in [3.8, 4) is 17.1 Å². The van der Waals surface area contributed by atoms with E-state index in [0.717, 1.165) is 29.9 Å². The van der Waals surface area contributed by atoms with E-state index in [1.54, 1.807) is 31.4 Å². The largest absolute Gasteiger partial charge is 0.497 e. The topological polar surface area (TPSA) is 118 Å². The van der Waals surface area contributed by atoms with Crippen LogP contribution in [-0.4, -0.2) is 57.5 Å². The zero-order valence-corrected chi connectivity index (χ0v) is 21.5. The van der Waals surface area contributed by atoms with Crippen molar-refractivity contribution in [2.24, 2.45) is 5.92 Å². The molecule has 1 aromatic heterocycles. The summed E-state index contributed by atoms with van der Waals surface area (Å²) in [5.74, 6) is -0.620. The number of rotatable bonds is 7. The van der Waals surface area contributed by atoms with Crippen LogP contribution in [0.5, 0.6) is 5.75 Å². The summed E-state index contributed by atoms with van der Waals surface area (Å²) in [6, 6.07) is 9.99. The van der Waals surface area contributed by atoms with E-state index in [4.69, 9.17) is 9.26 Å². The molecule has 5 rings (SSSR count). The number of amides is 4. The second kappa shape index (κ2) is 11.0. The Kier molecular flexibility index (Phi) is 7.46. The molecule has 210 valence electrons. The van der Waals surface area contributed by atoms with Gasteiger partial charge in [0.05, 0.1) is 18.6 Å². The highest BCUT2D eigenvalue weighted by atomic mass is 19.4. The summed E-state index contributed by atoms with van der Waals surface area (Å²) in [6.07, 6.45) is -1.92. The summed E-state index contributed by atoms with van der Waals surface area (Å²) >= 11 is 0. The Hall–Kier alpha value is -4.42. The van der Waals surface area contributed by atoms with Gasteiger partial charge >= 0.3 is 12.2 Å². The molecular weight excluding hydrogens is 531 g/mol. The summed E-state index contributed by atoms with van der Waals surface area (Å²) < 4.78 is 49.7. The van der Waals surface area contributed by atoms with E-state index in [9.17, 15) is 27.6 Å². The Balaban J connectivity index is 1.33. The first-order chi connectivity index (χ1) is 19.1. The van der Waals surface area contributed by atoms with Crippen LogP contribution in [0.4, 0.5) is 23.7 Å². The number of halogens is 3. The van der Waals surface area contributed by atoms with Crippen molar-refractivity contribution < 1.29 is 36.8 Å². The van der Waals surface area contributed by atoms with Crippen LogP contribution in [0.2, 0.25) is 0 Å². The van der Waals surface area contributed by atoms with Crippen molar-refractivity contribution in [2.45, 2.75) is 44.4 Å². The molecule has 0 radical (unpaired) electrons. The van der Waals surface area contributed by atoms with Crippen LogP contribution in [0, 0.1) is 5.92 Å². The van der Waals surface area contributed by atoms with E-state index >= 15 is 0 Å². The van der Waals surface area contributed by atoms with Crippen LogP contribution >= 0.6 is 0 Å². The van der Waals surface area contributed by atoms with Gasteiger partial charge in [-0.2, -0.15) is 18.2 Å². The van der Waals surface area contributed by atoms with Gasteiger partial charge in [0.15, 0.2) is 0 Å². The number of carbonyl (C=O) groups is 3. The van der Waals surface area contributed by atoms with E-state index in [0.29, 0.717) is 24.2 Å². The number of nitrogens with zero attached hydrogens (tertiary/aromatic N) is 4. The van der Waals surface area contributed by atoms with Crippen LogP contribution in [0.1, 0.15) is 37.1 Å². The number of methoxy groups -OCH3 is 1. The summed E-state index contributed by atoms with van der Waals surface area (Å²) in [7, 11) is 1.54. The summed E-state index contributed by atoms with van der Waals surface area (Å²) in [6.45, 7) is -0.712. The lowest BCUT2D eigenvalue weighted by Crippen LogP contribution is -2.63. The zero-order valence-electron chi connectivity index (χ0n) is 21.5. The van der Waals surface area contributed by atoms with Crippen LogP contribution in [0.3, 0.4) is 0 Å². The standard InChI is InChI=1S/C27H26F3N5O5/c1-39-19-11-9-16(10-12-19)24-32-23(40-33-24)15-35-25(37)20-7-2-3-8-21(20)34(26(35)38)14-22(36)31-18-6-4-5-17(13-18)27(28,29)30/h4-6,9-13,20-21H,2-3,7-8,14-15H2,1H3,(H,31,36). The monoisotopic (exact) mass is 557 g/mol. The second-order valence-corrected chi connectivity index (χ2v) is 9.66. The maximum absolute atomic E-state index is 13.5. The van der Waals surface area contributed by atoms with Gasteiger partial charge in [-0.1, -0.05) is 24.1 Å². The minimum absolute atomic E-state index is 0.0372. The lowest BCUT2D eigenvalue weighted by molar-refractivity contribution is -0.142. The number of fused-ring (bicyclic) bond motifs is 1. The van der Waals surface area contributed by atoms with Crippen molar-refractivity contribution in [2.75, 3.05) is 19.0 Å². The van der Waals surface area contributed by atoms with Gasteiger partial charge in [-0.15, -0.1) is 0 Å². The fraction of sp³-hybridized carbons (Fsp3) is 0.370. The fourth-order valence-electron chi connectivity index (χ4n) is 5.13. The third kappa shape index (κ3) is 5.63. The molecule has 13 heteroatoms. The number of hydrogen-bond acceptors (Lipinski definition) is 7. The molecule has 10 nitrogen and oxygen atoms in total. The van der Waals surface area contributed by atoms with E-state index in [2.05, 4.69) is 15.5 Å². The maximum atomic E-state index is 13.5. The SMILES string of the molecule is COc1ccc(-c2noc(CN3C(=O)C4CCCCC4N(CC(=O)Nc4cccc(C(F)(F)F)c4)C3=O)n2)cc1. The molecule has 2 aromatic carbocycles. The molecule has 40 heavy (non-hydrogen) atoms. The van der Waals surface area contributed by atoms with E-state index in [1.807, 2.05) is 0 Å². The molecule has 1 N–H and O–H groups in total. The predicted molar refractivity (Wildman–Crippen MR) is 135 cm³/mol. The minimum atomic E-state index is -4.57. The highest BCUT2D eigenvalue weighted by Gasteiger charge is 2.48. The molecule has 2 aliphatic rings. The lowest BCUT2D eigenvalue weighted by atomic mass is 9.81. The molecule has 2 atom stereocenters. The van der Waals surface area contributed by atoms with Crippen LogP contribution in [0.15, 0.2) is 53.1 Å². The van der Waals surface area contributed by atoms with Gasteiger partial charge in [-0.3, -0.25) is 14.5 Å². The number of anilines is 1. The van der Waals surface area contributed by atoms with E-state index in [-0.39, 0.29) is 29.9 Å². The van der Waals surface area contributed by atoms with Gasteiger partial charge < -0.3 is 19.5 Å². The van der Waals surface area contributed by atoms with Gasteiger partial charge in [0.25, 0.3) is 0 Å². The predicted octanol–water partition coefficient (Wildman–Crippen LogP) is 4.73. The number of imide groups is 1. The average molecular weight is 558 g/mol. The maximum Gasteiger partial charge on any atom is 0.416 e. The molecule has 4 amide bonds. The molecular formula is C27H26F3N5O5. The smallest absolute Gasteiger partial charge is 0.416 e. The van der Waals surface area contributed by atoms with Crippen LogP contribution < -0.4 is 10.1 Å². The summed E-state index contributed by atoms with van der Waals surface area (Å²) in [5, 5.41) is 6.38. The number of aromatic nitrogens is 2. The normalized spacial score (nSPS) is 19.4. The van der Waals surface area contributed by atoms with Crippen molar-refractivity contribution in [3.63, 3.8) is 0 Å². The molecule has 1 aliphatic carbocycles. The van der Waals surface area contributed by atoms with Gasteiger partial charge in [0, 0.05) is 17.3 Å². The van der Waals surface area contributed by atoms with Crippen molar-refractivity contribution >= 4 is 23.5 Å². The zero-order chi connectivity index (χ0) is 28.4. The molecule has 1 saturated heterocycles. The Morgan fingerprint density at radius 2 is 1.88 bits per heavy atom. The number of ether oxygens (including phenoxy) is 1. The molecule has 1 aliphatic heterocycles. The van der Waals surface area contributed by atoms with E-state index in [1.165, 1.54) is 17.0 Å². The second-order valence-electron chi connectivity index (χ2n) is 9.66. The number of nitrogens with one attached hydrogen (secondary N) is 1. The summed E-state index contributed by atoms with van der Waals surface area (Å²) in [5.41, 5.74) is -0.307. The molecule has 0 spiro atoms. The van der Waals surface area contributed by atoms with Crippen molar-refractivity contribution in [3.05, 3.63) is 60.0 Å². The van der Waals surface area contributed by atoms with Crippen molar-refractivity contribution in [1.82, 2.24) is 19.9 Å². The van der Waals surface area contributed by atoms with Gasteiger partial charge in [0.1, 0.15) is 18.8 Å². The Morgan fingerprint density at radius 3 is 2.60 bits per heavy atom. The van der Waals surface area contributed by atoms with Gasteiger partial charge in [-0.05, 0) is 55.3 Å². The fourth-order valence-corrected chi connectivity index (χ4v) is 5.13. The number of carbonyl (C=O) groups excluding carboxylic acids is 3. The quantitative estimate of drug-likeness (QED) is 0.447. The Labute approximate surface area is 227 Å². The first-order valence-electron chi connectivity index (χ1n) is 12.7. The number of alkyl halides is 3. The highest BCUT2D eigenvalue weighted by molar-refractivity contribution is 6.01. The molecule has 3 aromatic rings. The highest BCUT2D eigenvalue weighted by Crippen LogP contribution is 2.35.